The predicted molar refractivity (Wildman–Crippen MR) is 49.4 cm³/mol. The largest absolute Gasteiger partial charge is 0.380 e. The van der Waals surface area contributed by atoms with Crippen LogP contribution in [-0.4, -0.2) is 13.2 Å². The summed E-state index contributed by atoms with van der Waals surface area (Å²) in [4.78, 5) is 0. The van der Waals surface area contributed by atoms with Crippen LogP contribution >= 0.6 is 0 Å². The van der Waals surface area contributed by atoms with Crippen molar-refractivity contribution < 1.29 is 4.74 Å². The van der Waals surface area contributed by atoms with Gasteiger partial charge >= 0.3 is 0 Å². The van der Waals surface area contributed by atoms with Crippen LogP contribution in [0.3, 0.4) is 0 Å². The van der Waals surface area contributed by atoms with E-state index in [9.17, 15) is 0 Å². The average molecular weight is 162 g/mol. The second-order valence-electron chi connectivity index (χ2n) is 3.47. The van der Waals surface area contributed by atoms with Crippen molar-refractivity contribution in [3.63, 3.8) is 0 Å². The number of hydrogen-bond donors (Lipinski definition) is 0. The zero-order valence-corrected chi connectivity index (χ0v) is 7.58. The Morgan fingerprint density at radius 3 is 2.75 bits per heavy atom. The van der Waals surface area contributed by atoms with Crippen molar-refractivity contribution in [2.45, 2.75) is 25.4 Å². The van der Waals surface area contributed by atoms with Crippen molar-refractivity contribution in [3.8, 4) is 0 Å². The maximum atomic E-state index is 5.41. The topological polar surface area (TPSA) is 9.23 Å². The molecule has 2 atom stereocenters. The summed E-state index contributed by atoms with van der Waals surface area (Å²) >= 11 is 0. The van der Waals surface area contributed by atoms with Crippen LogP contribution in [0.15, 0.2) is 24.3 Å². The molecule has 0 saturated heterocycles. The van der Waals surface area contributed by atoms with Gasteiger partial charge in [-0.05, 0) is 17.5 Å². The molecule has 1 aliphatic carbocycles. The highest BCUT2D eigenvalue weighted by Crippen LogP contribution is 2.33. The van der Waals surface area contributed by atoms with Gasteiger partial charge in [0.1, 0.15) is 0 Å². The zero-order chi connectivity index (χ0) is 8.55. The van der Waals surface area contributed by atoms with Gasteiger partial charge in [-0.1, -0.05) is 31.2 Å². The van der Waals surface area contributed by atoms with Crippen LogP contribution < -0.4 is 0 Å². The molecule has 0 radical (unpaired) electrons. The minimum absolute atomic E-state index is 0.391. The van der Waals surface area contributed by atoms with Gasteiger partial charge in [0.05, 0.1) is 6.10 Å². The third-order valence-corrected chi connectivity index (χ3v) is 2.83. The van der Waals surface area contributed by atoms with Gasteiger partial charge in [0.2, 0.25) is 0 Å². The van der Waals surface area contributed by atoms with E-state index in [1.54, 1.807) is 7.11 Å². The lowest BCUT2D eigenvalue weighted by Crippen LogP contribution is -2.13. The Morgan fingerprint density at radius 2 is 2.08 bits per heavy atom. The standard InChI is InChI=1S/C11H14O/c1-8-10-6-4-3-5-9(10)7-11(8)12-2/h3-6,8,11H,7H2,1-2H3/t8-,11-/m1/s1. The first-order chi connectivity index (χ1) is 5.83. The van der Waals surface area contributed by atoms with Crippen molar-refractivity contribution in [2.75, 3.05) is 7.11 Å². The van der Waals surface area contributed by atoms with Crippen molar-refractivity contribution in [2.24, 2.45) is 0 Å². The first-order valence-electron chi connectivity index (χ1n) is 4.43. The summed E-state index contributed by atoms with van der Waals surface area (Å²) in [6.07, 6.45) is 1.47. The number of fused-ring (bicyclic) bond motifs is 1. The molecule has 1 heteroatoms. The molecule has 0 heterocycles. The molecule has 1 aromatic rings. The average Bonchev–Trinajstić information content (AvgIpc) is 2.44. The quantitative estimate of drug-likeness (QED) is 0.616. The second-order valence-corrected chi connectivity index (χ2v) is 3.47. The van der Waals surface area contributed by atoms with E-state index in [1.807, 2.05) is 0 Å². The first kappa shape index (κ1) is 7.81. The van der Waals surface area contributed by atoms with E-state index in [4.69, 9.17) is 4.74 Å². The smallest absolute Gasteiger partial charge is 0.0677 e. The van der Waals surface area contributed by atoms with Gasteiger partial charge in [-0.15, -0.1) is 0 Å². The predicted octanol–water partition coefficient (Wildman–Crippen LogP) is 2.36. The molecule has 0 amide bonds. The molecule has 0 unspecified atom stereocenters. The molecule has 0 aliphatic heterocycles. The molecule has 0 N–H and O–H groups in total. The van der Waals surface area contributed by atoms with E-state index in [2.05, 4.69) is 31.2 Å². The Bertz CT molecular complexity index is 280. The van der Waals surface area contributed by atoms with E-state index >= 15 is 0 Å². The Kier molecular flexibility index (Phi) is 1.89. The van der Waals surface area contributed by atoms with Crippen LogP contribution in [0, 0.1) is 0 Å². The molecular weight excluding hydrogens is 148 g/mol. The highest BCUT2D eigenvalue weighted by atomic mass is 16.5. The fourth-order valence-corrected chi connectivity index (χ4v) is 2.05. The molecule has 0 aromatic heterocycles. The van der Waals surface area contributed by atoms with Gasteiger partial charge in [-0.25, -0.2) is 0 Å². The monoisotopic (exact) mass is 162 g/mol. The second kappa shape index (κ2) is 2.91. The Labute approximate surface area is 73.4 Å². The molecule has 0 bridgehead atoms. The molecule has 0 saturated carbocycles. The lowest BCUT2D eigenvalue weighted by Gasteiger charge is -2.13. The molecule has 2 rings (SSSR count). The van der Waals surface area contributed by atoms with Crippen LogP contribution in [-0.2, 0) is 11.2 Å². The summed E-state index contributed by atoms with van der Waals surface area (Å²) in [5.41, 5.74) is 2.92. The molecule has 64 valence electrons. The van der Waals surface area contributed by atoms with Gasteiger partial charge in [0.25, 0.3) is 0 Å². The molecule has 1 nitrogen and oxygen atoms in total. The van der Waals surface area contributed by atoms with Gasteiger partial charge in [0, 0.05) is 13.0 Å². The normalized spacial score (nSPS) is 27.2. The van der Waals surface area contributed by atoms with Crippen LogP contribution in [0.25, 0.3) is 0 Å². The van der Waals surface area contributed by atoms with E-state index in [1.165, 1.54) is 11.1 Å². The zero-order valence-electron chi connectivity index (χ0n) is 7.58. The fraction of sp³-hybridized carbons (Fsp3) is 0.455. The Morgan fingerprint density at radius 1 is 1.33 bits per heavy atom. The van der Waals surface area contributed by atoms with Crippen LogP contribution in [0.4, 0.5) is 0 Å². The first-order valence-corrected chi connectivity index (χ1v) is 4.43. The van der Waals surface area contributed by atoms with E-state index in [0.29, 0.717) is 12.0 Å². The summed E-state index contributed by atoms with van der Waals surface area (Å²) in [6, 6.07) is 8.61. The van der Waals surface area contributed by atoms with E-state index < -0.39 is 0 Å². The Hall–Kier alpha value is -0.820. The summed E-state index contributed by atoms with van der Waals surface area (Å²) < 4.78 is 5.41. The number of methoxy groups -OCH3 is 1. The maximum absolute atomic E-state index is 5.41. The lowest BCUT2D eigenvalue weighted by atomic mass is 10.0. The van der Waals surface area contributed by atoms with Gasteiger partial charge < -0.3 is 4.74 Å². The highest BCUT2D eigenvalue weighted by Gasteiger charge is 2.27. The SMILES string of the molecule is CO[C@@H]1Cc2ccccc2[C@H]1C. The minimum Gasteiger partial charge on any atom is -0.380 e. The summed E-state index contributed by atoms with van der Waals surface area (Å²) in [5.74, 6) is 0.561. The number of benzene rings is 1. The van der Waals surface area contributed by atoms with Crippen LogP contribution in [0.2, 0.25) is 0 Å². The van der Waals surface area contributed by atoms with Crippen LogP contribution in [0.1, 0.15) is 24.0 Å². The van der Waals surface area contributed by atoms with Gasteiger partial charge in [-0.2, -0.15) is 0 Å². The molecule has 0 fully saturated rings. The maximum Gasteiger partial charge on any atom is 0.0677 e. The Balaban J connectivity index is 2.35. The van der Waals surface area contributed by atoms with Crippen LogP contribution in [0.5, 0.6) is 0 Å². The van der Waals surface area contributed by atoms with E-state index in [-0.39, 0.29) is 0 Å². The van der Waals surface area contributed by atoms with Gasteiger partial charge in [0.15, 0.2) is 0 Å². The molecule has 0 spiro atoms. The third kappa shape index (κ3) is 1.05. The summed E-state index contributed by atoms with van der Waals surface area (Å²) in [5, 5.41) is 0. The lowest BCUT2D eigenvalue weighted by molar-refractivity contribution is 0.0938. The number of ether oxygens (including phenoxy) is 1. The molecule has 12 heavy (non-hydrogen) atoms. The van der Waals surface area contributed by atoms with Crippen molar-refractivity contribution in [1.29, 1.82) is 0 Å². The fourth-order valence-electron chi connectivity index (χ4n) is 2.05. The molecule has 1 aliphatic rings. The third-order valence-electron chi connectivity index (χ3n) is 2.83. The number of rotatable bonds is 1. The molecule has 1 aromatic carbocycles. The van der Waals surface area contributed by atoms with E-state index in [0.717, 1.165) is 6.42 Å². The van der Waals surface area contributed by atoms with Crippen molar-refractivity contribution in [3.05, 3.63) is 35.4 Å². The van der Waals surface area contributed by atoms with Crippen molar-refractivity contribution in [1.82, 2.24) is 0 Å². The molecular formula is C11H14O. The summed E-state index contributed by atoms with van der Waals surface area (Å²) in [7, 11) is 1.80. The van der Waals surface area contributed by atoms with Crippen molar-refractivity contribution >= 4 is 0 Å². The van der Waals surface area contributed by atoms with Gasteiger partial charge in [-0.3, -0.25) is 0 Å². The summed E-state index contributed by atoms with van der Waals surface area (Å²) in [6.45, 7) is 2.24. The highest BCUT2D eigenvalue weighted by molar-refractivity contribution is 5.36. The minimum atomic E-state index is 0.391. The number of hydrogen-bond acceptors (Lipinski definition) is 1.